The second-order valence-electron chi connectivity index (χ2n) is 3.80. The molecule has 0 amide bonds. The molecule has 0 bridgehead atoms. The van der Waals surface area contributed by atoms with E-state index >= 15 is 0 Å². The Hall–Kier alpha value is -2.22. The van der Waals surface area contributed by atoms with E-state index in [0.29, 0.717) is 0 Å². The number of Topliss-reactive ketones (excluding diaryl/α,β-unsaturated/α-hetero) is 1. The van der Waals surface area contributed by atoms with Crippen LogP contribution in [-0.2, 0) is 0 Å². The van der Waals surface area contributed by atoms with Gasteiger partial charge >= 0.3 is 0 Å². The minimum Gasteiger partial charge on any atom is -0.295 e. The van der Waals surface area contributed by atoms with Crippen molar-refractivity contribution in [3.8, 4) is 0 Å². The van der Waals surface area contributed by atoms with Crippen molar-refractivity contribution in [2.24, 2.45) is 0 Å². The van der Waals surface area contributed by atoms with Crippen LogP contribution in [0.5, 0.6) is 0 Å². The molecule has 0 saturated carbocycles. The summed E-state index contributed by atoms with van der Waals surface area (Å²) in [5.74, 6) is 0.0872. The van der Waals surface area contributed by atoms with Crippen LogP contribution in [0.25, 0.3) is 12.2 Å². The van der Waals surface area contributed by atoms with E-state index in [2.05, 4.69) is 4.98 Å². The monoisotopic (exact) mass is 223 g/mol. The predicted octanol–water partition coefficient (Wildman–Crippen LogP) is 3.45. The van der Waals surface area contributed by atoms with E-state index in [1.54, 1.807) is 19.3 Å². The van der Waals surface area contributed by atoms with Crippen molar-refractivity contribution >= 4 is 17.9 Å². The van der Waals surface area contributed by atoms with Crippen LogP contribution in [-0.4, -0.2) is 10.8 Å². The van der Waals surface area contributed by atoms with Gasteiger partial charge in [0.15, 0.2) is 5.78 Å². The summed E-state index contributed by atoms with van der Waals surface area (Å²) < 4.78 is 0. The molecule has 1 aromatic carbocycles. The summed E-state index contributed by atoms with van der Waals surface area (Å²) in [6, 6.07) is 11.5. The summed E-state index contributed by atoms with van der Waals surface area (Å²) in [6.45, 7) is 1.58. The van der Waals surface area contributed by atoms with E-state index in [-0.39, 0.29) is 5.78 Å². The van der Waals surface area contributed by atoms with Crippen LogP contribution >= 0.6 is 0 Å². The van der Waals surface area contributed by atoms with Crippen molar-refractivity contribution in [1.29, 1.82) is 0 Å². The van der Waals surface area contributed by atoms with Gasteiger partial charge in [0.2, 0.25) is 0 Å². The van der Waals surface area contributed by atoms with Crippen LogP contribution in [0.3, 0.4) is 0 Å². The lowest BCUT2D eigenvalue weighted by Crippen LogP contribution is -1.91. The third-order valence-electron chi connectivity index (χ3n) is 2.47. The summed E-state index contributed by atoms with van der Waals surface area (Å²) in [5.41, 5.74) is 2.85. The Kier molecular flexibility index (Phi) is 3.46. The molecule has 2 aromatic rings. The molecule has 2 nitrogen and oxygen atoms in total. The first-order chi connectivity index (χ1) is 8.25. The van der Waals surface area contributed by atoms with Gasteiger partial charge in [0.1, 0.15) is 0 Å². The van der Waals surface area contributed by atoms with E-state index in [0.717, 1.165) is 16.7 Å². The van der Waals surface area contributed by atoms with Crippen molar-refractivity contribution in [3.63, 3.8) is 0 Å². The number of carbonyl (C=O) groups is 1. The average Bonchev–Trinajstić information content (AvgIpc) is 2.38. The number of carbonyl (C=O) groups excluding carboxylic acids is 1. The number of aromatic nitrogens is 1. The number of rotatable bonds is 3. The van der Waals surface area contributed by atoms with Gasteiger partial charge < -0.3 is 0 Å². The zero-order chi connectivity index (χ0) is 12.1. The highest BCUT2D eigenvalue weighted by atomic mass is 16.1. The van der Waals surface area contributed by atoms with E-state index < -0.39 is 0 Å². The molecule has 17 heavy (non-hydrogen) atoms. The molecule has 0 fully saturated rings. The number of pyridine rings is 1. The maximum atomic E-state index is 11.2. The molecule has 2 rings (SSSR count). The zero-order valence-corrected chi connectivity index (χ0v) is 9.63. The third kappa shape index (κ3) is 3.11. The van der Waals surface area contributed by atoms with Crippen molar-refractivity contribution in [3.05, 3.63) is 65.5 Å². The third-order valence-corrected chi connectivity index (χ3v) is 2.47. The van der Waals surface area contributed by atoms with Crippen LogP contribution in [0.2, 0.25) is 0 Å². The molecule has 0 aliphatic carbocycles. The maximum Gasteiger partial charge on any atom is 0.159 e. The molecule has 84 valence electrons. The normalized spacial score (nSPS) is 10.6. The number of hydrogen-bond donors (Lipinski definition) is 0. The fraction of sp³-hybridized carbons (Fsp3) is 0.0667. The molecule has 0 radical (unpaired) electrons. The Morgan fingerprint density at radius 1 is 1.06 bits per heavy atom. The molecule has 2 heteroatoms. The van der Waals surface area contributed by atoms with Gasteiger partial charge in [0, 0.05) is 18.0 Å². The molecule has 1 aromatic heterocycles. The number of benzene rings is 1. The van der Waals surface area contributed by atoms with Gasteiger partial charge in [0.25, 0.3) is 0 Å². The average molecular weight is 223 g/mol. The molecule has 0 aliphatic rings. The molecular formula is C15H13NO. The summed E-state index contributed by atoms with van der Waals surface area (Å²) in [6.07, 6.45) is 7.50. The standard InChI is InChI=1S/C15H13NO/c1-12(17)15-4-2-3-14(11-15)6-5-13-7-9-16-10-8-13/h2-11H,1H3/b6-5+. The summed E-state index contributed by atoms with van der Waals surface area (Å²) in [7, 11) is 0. The van der Waals surface area contributed by atoms with E-state index in [1.807, 2.05) is 48.6 Å². The van der Waals surface area contributed by atoms with Crippen molar-refractivity contribution < 1.29 is 4.79 Å². The van der Waals surface area contributed by atoms with Gasteiger partial charge in [-0.25, -0.2) is 0 Å². The lowest BCUT2D eigenvalue weighted by Gasteiger charge is -1.97. The molecule has 0 unspecified atom stereocenters. The first-order valence-corrected chi connectivity index (χ1v) is 5.45. The lowest BCUT2D eigenvalue weighted by atomic mass is 10.1. The Balaban J connectivity index is 2.22. The number of hydrogen-bond acceptors (Lipinski definition) is 2. The van der Waals surface area contributed by atoms with Crippen molar-refractivity contribution in [2.45, 2.75) is 6.92 Å². The zero-order valence-electron chi connectivity index (χ0n) is 9.63. The van der Waals surface area contributed by atoms with Crippen LogP contribution in [0.1, 0.15) is 28.4 Å². The highest BCUT2D eigenvalue weighted by molar-refractivity contribution is 5.94. The van der Waals surface area contributed by atoms with E-state index in [9.17, 15) is 4.79 Å². The molecule has 1 heterocycles. The fourth-order valence-electron chi connectivity index (χ4n) is 1.53. The maximum absolute atomic E-state index is 11.2. The van der Waals surface area contributed by atoms with Crippen molar-refractivity contribution in [1.82, 2.24) is 4.98 Å². The van der Waals surface area contributed by atoms with Gasteiger partial charge in [-0.3, -0.25) is 9.78 Å². The molecule has 0 N–H and O–H groups in total. The molecule has 0 aliphatic heterocycles. The summed E-state index contributed by atoms with van der Waals surface area (Å²) in [4.78, 5) is 15.2. The topological polar surface area (TPSA) is 30.0 Å². The van der Waals surface area contributed by atoms with Crippen LogP contribution in [0.4, 0.5) is 0 Å². The minimum absolute atomic E-state index is 0.0872. The SMILES string of the molecule is CC(=O)c1cccc(/C=C/c2ccncc2)c1. The van der Waals surface area contributed by atoms with Gasteiger partial charge in [-0.2, -0.15) is 0 Å². The first-order valence-electron chi connectivity index (χ1n) is 5.45. The molecule has 0 spiro atoms. The first kappa shape index (κ1) is 11.3. The smallest absolute Gasteiger partial charge is 0.159 e. The second-order valence-corrected chi connectivity index (χ2v) is 3.80. The minimum atomic E-state index is 0.0872. The largest absolute Gasteiger partial charge is 0.295 e. The molecule has 0 saturated heterocycles. The second kappa shape index (κ2) is 5.21. The Bertz CT molecular complexity index is 544. The van der Waals surface area contributed by atoms with Gasteiger partial charge in [-0.05, 0) is 36.2 Å². The highest BCUT2D eigenvalue weighted by Crippen LogP contribution is 2.10. The number of ketones is 1. The van der Waals surface area contributed by atoms with Crippen LogP contribution in [0, 0.1) is 0 Å². The lowest BCUT2D eigenvalue weighted by molar-refractivity contribution is 0.101. The van der Waals surface area contributed by atoms with Gasteiger partial charge in [-0.1, -0.05) is 30.4 Å². The fourth-order valence-corrected chi connectivity index (χ4v) is 1.53. The molecule has 0 atom stereocenters. The van der Waals surface area contributed by atoms with Crippen molar-refractivity contribution in [2.75, 3.05) is 0 Å². The van der Waals surface area contributed by atoms with Gasteiger partial charge in [0.05, 0.1) is 0 Å². The number of nitrogens with zero attached hydrogens (tertiary/aromatic N) is 1. The highest BCUT2D eigenvalue weighted by Gasteiger charge is 1.97. The van der Waals surface area contributed by atoms with E-state index in [1.165, 1.54) is 0 Å². The summed E-state index contributed by atoms with van der Waals surface area (Å²) in [5, 5.41) is 0. The Labute approximate surface area is 101 Å². The predicted molar refractivity (Wildman–Crippen MR) is 69.6 cm³/mol. The quantitative estimate of drug-likeness (QED) is 0.746. The summed E-state index contributed by atoms with van der Waals surface area (Å²) >= 11 is 0. The molecular weight excluding hydrogens is 210 g/mol. The van der Waals surface area contributed by atoms with E-state index in [4.69, 9.17) is 0 Å². The van der Waals surface area contributed by atoms with Gasteiger partial charge in [-0.15, -0.1) is 0 Å². The van der Waals surface area contributed by atoms with Crippen LogP contribution < -0.4 is 0 Å². The Morgan fingerprint density at radius 3 is 2.47 bits per heavy atom. The Morgan fingerprint density at radius 2 is 1.76 bits per heavy atom. The van der Waals surface area contributed by atoms with Crippen LogP contribution in [0.15, 0.2) is 48.8 Å².